The lowest BCUT2D eigenvalue weighted by atomic mass is 9.91. The Morgan fingerprint density at radius 3 is 2.53 bits per heavy atom. The Bertz CT molecular complexity index is 445. The molecule has 2 N–H and O–H groups in total. The highest BCUT2D eigenvalue weighted by atomic mass is 79.9. The SMILES string of the molecule is CN(Cc1c(F)ccc(Br)c1F)C1CCC(N)CC1. The van der Waals surface area contributed by atoms with Crippen molar-refractivity contribution >= 4 is 15.9 Å². The molecule has 0 amide bonds. The van der Waals surface area contributed by atoms with E-state index in [1.54, 1.807) is 0 Å². The van der Waals surface area contributed by atoms with Gasteiger partial charge in [0.25, 0.3) is 0 Å². The van der Waals surface area contributed by atoms with Crippen molar-refractivity contribution < 1.29 is 8.78 Å². The summed E-state index contributed by atoms with van der Waals surface area (Å²) in [6, 6.07) is 3.34. The van der Waals surface area contributed by atoms with Gasteiger partial charge in [0.15, 0.2) is 0 Å². The van der Waals surface area contributed by atoms with Crippen LogP contribution in [0.25, 0.3) is 0 Å². The zero-order valence-corrected chi connectivity index (χ0v) is 12.6. The van der Waals surface area contributed by atoms with Crippen LogP contribution in [0.5, 0.6) is 0 Å². The van der Waals surface area contributed by atoms with Crippen molar-refractivity contribution in [2.45, 2.75) is 44.3 Å². The van der Waals surface area contributed by atoms with Crippen molar-refractivity contribution in [1.82, 2.24) is 4.90 Å². The number of hydrogen-bond donors (Lipinski definition) is 1. The molecule has 1 aliphatic rings. The Morgan fingerprint density at radius 1 is 1.26 bits per heavy atom. The molecule has 1 aromatic carbocycles. The molecule has 1 aromatic rings. The Kier molecular flexibility index (Phi) is 4.92. The Morgan fingerprint density at radius 2 is 1.89 bits per heavy atom. The molecule has 0 heterocycles. The largest absolute Gasteiger partial charge is 0.328 e. The van der Waals surface area contributed by atoms with E-state index in [9.17, 15) is 8.78 Å². The summed E-state index contributed by atoms with van der Waals surface area (Å²) in [5, 5.41) is 0. The van der Waals surface area contributed by atoms with Crippen molar-refractivity contribution in [1.29, 1.82) is 0 Å². The fourth-order valence-corrected chi connectivity index (χ4v) is 3.01. The summed E-state index contributed by atoms with van der Waals surface area (Å²) in [7, 11) is 1.92. The van der Waals surface area contributed by atoms with Crippen LogP contribution in [0, 0.1) is 11.6 Å². The smallest absolute Gasteiger partial charge is 0.144 e. The minimum Gasteiger partial charge on any atom is -0.328 e. The lowest BCUT2D eigenvalue weighted by molar-refractivity contribution is 0.172. The van der Waals surface area contributed by atoms with Gasteiger partial charge in [-0.2, -0.15) is 0 Å². The summed E-state index contributed by atoms with van der Waals surface area (Å²) in [4.78, 5) is 2.03. The first-order valence-electron chi connectivity index (χ1n) is 6.57. The third-order valence-corrected chi connectivity index (χ3v) is 4.52. The quantitative estimate of drug-likeness (QED) is 0.859. The predicted molar refractivity (Wildman–Crippen MR) is 75.8 cm³/mol. The summed E-state index contributed by atoms with van der Waals surface area (Å²) < 4.78 is 27.9. The molecule has 0 aromatic heterocycles. The second-order valence-electron chi connectivity index (χ2n) is 5.31. The van der Waals surface area contributed by atoms with Crippen molar-refractivity contribution in [2.75, 3.05) is 7.05 Å². The lowest BCUT2D eigenvalue weighted by Crippen LogP contribution is -2.38. The molecular formula is C14H19BrF2N2. The molecule has 0 unspecified atom stereocenters. The van der Waals surface area contributed by atoms with E-state index in [4.69, 9.17) is 5.73 Å². The molecule has 1 saturated carbocycles. The summed E-state index contributed by atoms with van der Waals surface area (Å²) in [5.74, 6) is -0.987. The molecule has 0 spiro atoms. The monoisotopic (exact) mass is 332 g/mol. The Labute approximate surface area is 121 Å². The Balaban J connectivity index is 2.07. The van der Waals surface area contributed by atoms with Gasteiger partial charge < -0.3 is 5.73 Å². The van der Waals surface area contributed by atoms with E-state index in [2.05, 4.69) is 15.9 Å². The number of halogens is 3. The third kappa shape index (κ3) is 3.52. The van der Waals surface area contributed by atoms with Crippen LogP contribution in [0.2, 0.25) is 0 Å². The number of nitrogens with two attached hydrogens (primary N) is 1. The van der Waals surface area contributed by atoms with Crippen LogP contribution in [0.4, 0.5) is 8.78 Å². The van der Waals surface area contributed by atoms with Crippen LogP contribution in [-0.2, 0) is 6.54 Å². The van der Waals surface area contributed by atoms with Gasteiger partial charge in [-0.3, -0.25) is 4.90 Å². The van der Waals surface area contributed by atoms with Gasteiger partial charge >= 0.3 is 0 Å². The van der Waals surface area contributed by atoms with Crippen LogP contribution < -0.4 is 5.73 Å². The zero-order valence-electron chi connectivity index (χ0n) is 11.0. The third-order valence-electron chi connectivity index (χ3n) is 3.91. The predicted octanol–water partition coefficient (Wildman–Crippen LogP) is 3.43. The fourth-order valence-electron chi connectivity index (χ4n) is 2.63. The second kappa shape index (κ2) is 6.29. The van der Waals surface area contributed by atoms with Crippen LogP contribution in [0.15, 0.2) is 16.6 Å². The van der Waals surface area contributed by atoms with Crippen LogP contribution in [0.1, 0.15) is 31.2 Å². The van der Waals surface area contributed by atoms with Crippen LogP contribution >= 0.6 is 15.9 Å². The first-order valence-corrected chi connectivity index (χ1v) is 7.36. The molecule has 0 bridgehead atoms. The molecule has 0 aliphatic heterocycles. The van der Waals surface area contributed by atoms with Crippen LogP contribution in [0.3, 0.4) is 0 Å². The zero-order chi connectivity index (χ0) is 14.0. The van der Waals surface area contributed by atoms with E-state index in [1.807, 2.05) is 11.9 Å². The van der Waals surface area contributed by atoms with E-state index in [0.717, 1.165) is 25.7 Å². The molecule has 5 heteroatoms. The van der Waals surface area contributed by atoms with E-state index >= 15 is 0 Å². The molecule has 1 fully saturated rings. The van der Waals surface area contributed by atoms with Crippen molar-refractivity contribution in [3.05, 3.63) is 33.8 Å². The minimum atomic E-state index is -0.501. The van der Waals surface area contributed by atoms with Crippen molar-refractivity contribution in [3.8, 4) is 0 Å². The average Bonchev–Trinajstić information content (AvgIpc) is 2.40. The first-order chi connectivity index (χ1) is 8.99. The van der Waals surface area contributed by atoms with Gasteiger partial charge in [0.05, 0.1) is 4.47 Å². The van der Waals surface area contributed by atoms with E-state index < -0.39 is 11.6 Å². The van der Waals surface area contributed by atoms with Crippen molar-refractivity contribution in [2.24, 2.45) is 5.73 Å². The molecule has 19 heavy (non-hydrogen) atoms. The lowest BCUT2D eigenvalue weighted by Gasteiger charge is -2.33. The maximum atomic E-state index is 13.9. The molecule has 0 saturated heterocycles. The molecule has 1 aliphatic carbocycles. The van der Waals surface area contributed by atoms with E-state index in [1.165, 1.54) is 12.1 Å². The van der Waals surface area contributed by atoms with E-state index in [-0.39, 0.29) is 18.2 Å². The standard InChI is InChI=1S/C14H19BrF2N2/c1-19(10-4-2-9(18)3-5-10)8-11-13(16)7-6-12(15)14(11)17/h6-7,9-10H,2-5,8,18H2,1H3. The first kappa shape index (κ1) is 14.9. The summed E-state index contributed by atoms with van der Waals surface area (Å²) in [5.41, 5.74) is 6.00. The highest BCUT2D eigenvalue weighted by molar-refractivity contribution is 9.10. The van der Waals surface area contributed by atoms with Gasteiger partial charge in [-0.25, -0.2) is 8.78 Å². The number of hydrogen-bond acceptors (Lipinski definition) is 2. The number of rotatable bonds is 3. The van der Waals surface area contributed by atoms with Gasteiger partial charge in [-0.15, -0.1) is 0 Å². The second-order valence-corrected chi connectivity index (χ2v) is 6.16. The number of benzene rings is 1. The van der Waals surface area contributed by atoms with Crippen molar-refractivity contribution in [3.63, 3.8) is 0 Å². The minimum absolute atomic E-state index is 0.131. The summed E-state index contributed by atoms with van der Waals surface area (Å²) in [6.45, 7) is 0.289. The highest BCUT2D eigenvalue weighted by Gasteiger charge is 2.23. The van der Waals surface area contributed by atoms with Gasteiger partial charge in [0.1, 0.15) is 11.6 Å². The summed E-state index contributed by atoms with van der Waals surface area (Å²) in [6.07, 6.45) is 3.96. The number of nitrogens with zero attached hydrogens (tertiary/aromatic N) is 1. The average molecular weight is 333 g/mol. The summed E-state index contributed by atoms with van der Waals surface area (Å²) >= 11 is 3.10. The maximum absolute atomic E-state index is 13.9. The molecule has 2 nitrogen and oxygen atoms in total. The molecule has 106 valence electrons. The molecular weight excluding hydrogens is 314 g/mol. The van der Waals surface area contributed by atoms with Gasteiger partial charge in [-0.05, 0) is 60.8 Å². The van der Waals surface area contributed by atoms with Gasteiger partial charge in [0, 0.05) is 24.2 Å². The van der Waals surface area contributed by atoms with Crippen LogP contribution in [-0.4, -0.2) is 24.0 Å². The van der Waals surface area contributed by atoms with Gasteiger partial charge in [0.2, 0.25) is 0 Å². The molecule has 0 radical (unpaired) electrons. The molecule has 0 atom stereocenters. The normalized spacial score (nSPS) is 23.9. The van der Waals surface area contributed by atoms with E-state index in [0.29, 0.717) is 10.5 Å². The molecule has 2 rings (SSSR count). The fraction of sp³-hybridized carbons (Fsp3) is 0.571. The topological polar surface area (TPSA) is 29.3 Å². The highest BCUT2D eigenvalue weighted by Crippen LogP contribution is 2.26. The Hall–Kier alpha value is -0.520. The maximum Gasteiger partial charge on any atom is 0.144 e. The van der Waals surface area contributed by atoms with Gasteiger partial charge in [-0.1, -0.05) is 0 Å².